The number of carboxylic acids is 1. The lowest BCUT2D eigenvalue weighted by atomic mass is 9.94. The number of likely N-dealkylation sites (tertiary alicyclic amines) is 1. The number of carbonyl (C=O) groups excluding carboxylic acids is 1. The van der Waals surface area contributed by atoms with E-state index in [0.717, 1.165) is 19.3 Å². The van der Waals surface area contributed by atoms with Crippen LogP contribution in [-0.2, 0) is 4.79 Å². The Kier molecular flexibility index (Phi) is 3.37. The Bertz CT molecular complexity index is 691. The van der Waals surface area contributed by atoms with Gasteiger partial charge in [-0.2, -0.15) is 0 Å². The van der Waals surface area contributed by atoms with Crippen molar-refractivity contribution in [3.8, 4) is 11.5 Å². The van der Waals surface area contributed by atoms with E-state index in [2.05, 4.69) is 0 Å². The van der Waals surface area contributed by atoms with E-state index in [1.54, 1.807) is 6.07 Å². The average molecular weight is 338 g/mol. The Morgan fingerprint density at radius 3 is 2.87 bits per heavy atom. The maximum Gasteiger partial charge on any atom is 0.326 e. The number of hydrogen-bond donors (Lipinski definition) is 1. The number of fused-ring (bicyclic) bond motifs is 2. The molecule has 6 nitrogen and oxygen atoms in total. The topological polar surface area (TPSA) is 76.1 Å². The van der Waals surface area contributed by atoms with Crippen LogP contribution in [0.25, 0.3) is 0 Å². The Labute approximate surface area is 137 Å². The minimum Gasteiger partial charge on any atom is -0.480 e. The van der Waals surface area contributed by atoms with Crippen molar-refractivity contribution < 1.29 is 24.2 Å². The SMILES string of the molecule is O=C(O)C1C2CCCC2CN1C(=O)c1cc(Cl)c2c(c1)OCO2. The molecule has 1 saturated carbocycles. The fraction of sp³-hybridized carbons (Fsp3) is 0.500. The van der Waals surface area contributed by atoms with Gasteiger partial charge in [-0.15, -0.1) is 0 Å². The summed E-state index contributed by atoms with van der Waals surface area (Å²) in [6.45, 7) is 0.560. The number of ether oxygens (including phenoxy) is 2. The number of carboxylic acid groups (broad SMARTS) is 1. The van der Waals surface area contributed by atoms with E-state index in [9.17, 15) is 14.7 Å². The van der Waals surface area contributed by atoms with Crippen molar-refractivity contribution in [1.29, 1.82) is 0 Å². The zero-order valence-electron chi connectivity index (χ0n) is 12.3. The van der Waals surface area contributed by atoms with Gasteiger partial charge in [0.05, 0.1) is 5.02 Å². The predicted molar refractivity (Wildman–Crippen MR) is 80.9 cm³/mol. The molecule has 3 aliphatic rings. The quantitative estimate of drug-likeness (QED) is 0.896. The zero-order chi connectivity index (χ0) is 16.1. The first-order valence-electron chi connectivity index (χ1n) is 7.69. The minimum absolute atomic E-state index is 0.0564. The Balaban J connectivity index is 1.66. The van der Waals surface area contributed by atoms with Crippen LogP contribution in [0, 0.1) is 11.8 Å². The van der Waals surface area contributed by atoms with Crippen molar-refractivity contribution in [1.82, 2.24) is 4.90 Å². The second-order valence-electron chi connectivity index (χ2n) is 6.29. The van der Waals surface area contributed by atoms with Crippen LogP contribution in [0.2, 0.25) is 5.02 Å². The fourth-order valence-electron chi connectivity index (χ4n) is 4.09. The van der Waals surface area contributed by atoms with E-state index < -0.39 is 12.0 Å². The maximum absolute atomic E-state index is 12.9. The highest BCUT2D eigenvalue weighted by atomic mass is 35.5. The molecule has 1 saturated heterocycles. The van der Waals surface area contributed by atoms with Gasteiger partial charge in [-0.25, -0.2) is 4.79 Å². The van der Waals surface area contributed by atoms with Crippen LogP contribution in [0.5, 0.6) is 11.5 Å². The zero-order valence-corrected chi connectivity index (χ0v) is 13.1. The van der Waals surface area contributed by atoms with Crippen LogP contribution in [0.3, 0.4) is 0 Å². The highest BCUT2D eigenvalue weighted by Gasteiger charge is 2.49. The number of benzene rings is 1. The Morgan fingerprint density at radius 1 is 1.26 bits per heavy atom. The largest absolute Gasteiger partial charge is 0.480 e. The van der Waals surface area contributed by atoms with E-state index in [4.69, 9.17) is 21.1 Å². The predicted octanol–water partition coefficient (Wildman–Crippen LogP) is 2.39. The van der Waals surface area contributed by atoms with Gasteiger partial charge in [-0.1, -0.05) is 18.0 Å². The molecule has 7 heteroatoms. The molecule has 4 rings (SSSR count). The molecule has 1 aromatic carbocycles. The molecule has 0 spiro atoms. The van der Waals surface area contributed by atoms with Gasteiger partial charge < -0.3 is 19.5 Å². The minimum atomic E-state index is -0.931. The van der Waals surface area contributed by atoms with Crippen molar-refractivity contribution in [2.45, 2.75) is 25.3 Å². The summed E-state index contributed by atoms with van der Waals surface area (Å²) in [5.41, 5.74) is 0.338. The number of rotatable bonds is 2. The molecule has 2 fully saturated rings. The van der Waals surface area contributed by atoms with Gasteiger partial charge in [0, 0.05) is 12.1 Å². The average Bonchev–Trinajstić information content (AvgIpc) is 3.20. The third-order valence-electron chi connectivity index (χ3n) is 5.08. The summed E-state index contributed by atoms with van der Waals surface area (Å²) in [5.74, 6) is -0.0551. The summed E-state index contributed by atoms with van der Waals surface area (Å²) in [6.07, 6.45) is 2.89. The van der Waals surface area contributed by atoms with Gasteiger partial charge >= 0.3 is 5.97 Å². The van der Waals surface area contributed by atoms with E-state index >= 15 is 0 Å². The lowest BCUT2D eigenvalue weighted by Crippen LogP contribution is -2.43. The third-order valence-corrected chi connectivity index (χ3v) is 5.36. The van der Waals surface area contributed by atoms with E-state index in [0.29, 0.717) is 28.6 Å². The number of carbonyl (C=O) groups is 2. The van der Waals surface area contributed by atoms with Crippen LogP contribution < -0.4 is 9.47 Å². The van der Waals surface area contributed by atoms with Crippen LogP contribution >= 0.6 is 11.6 Å². The molecule has 0 bridgehead atoms. The van der Waals surface area contributed by atoms with Crippen molar-refractivity contribution in [2.75, 3.05) is 13.3 Å². The molecular formula is C16H16ClNO5. The molecule has 1 N–H and O–H groups in total. The second kappa shape index (κ2) is 5.30. The standard InChI is InChI=1S/C16H16ClNO5/c17-11-4-9(5-12-14(11)23-7-22-12)15(19)18-6-8-2-1-3-10(8)13(18)16(20)21/h4-5,8,10,13H,1-3,6-7H2,(H,20,21). The summed E-state index contributed by atoms with van der Waals surface area (Å²) < 4.78 is 10.5. The summed E-state index contributed by atoms with van der Waals surface area (Å²) >= 11 is 6.13. The van der Waals surface area contributed by atoms with Gasteiger partial charge in [0.25, 0.3) is 5.91 Å². The lowest BCUT2D eigenvalue weighted by Gasteiger charge is -2.24. The molecule has 2 heterocycles. The molecule has 2 aliphatic heterocycles. The monoisotopic (exact) mass is 337 g/mol. The Hall–Kier alpha value is -1.95. The van der Waals surface area contributed by atoms with Crippen LogP contribution in [0.4, 0.5) is 0 Å². The molecule has 3 unspecified atom stereocenters. The van der Waals surface area contributed by atoms with Crippen molar-refractivity contribution in [2.24, 2.45) is 11.8 Å². The molecule has 1 aliphatic carbocycles. The highest BCUT2D eigenvalue weighted by molar-refractivity contribution is 6.32. The highest BCUT2D eigenvalue weighted by Crippen LogP contribution is 2.44. The fourth-order valence-corrected chi connectivity index (χ4v) is 4.35. The smallest absolute Gasteiger partial charge is 0.326 e. The third kappa shape index (κ3) is 2.24. The second-order valence-corrected chi connectivity index (χ2v) is 6.69. The maximum atomic E-state index is 12.9. The van der Waals surface area contributed by atoms with Crippen molar-refractivity contribution in [3.05, 3.63) is 22.7 Å². The normalized spacial score (nSPS) is 28.0. The number of nitrogens with zero attached hydrogens (tertiary/aromatic N) is 1. The van der Waals surface area contributed by atoms with Gasteiger partial charge in [-0.3, -0.25) is 4.79 Å². The number of amides is 1. The molecule has 0 aromatic heterocycles. The molecule has 0 radical (unpaired) electrons. The number of aliphatic carboxylic acids is 1. The molecule has 1 aromatic rings. The summed E-state index contributed by atoms with van der Waals surface area (Å²) in [5, 5.41) is 9.87. The van der Waals surface area contributed by atoms with Crippen LogP contribution in [-0.4, -0.2) is 41.3 Å². The van der Waals surface area contributed by atoms with Crippen LogP contribution in [0.15, 0.2) is 12.1 Å². The first kappa shape index (κ1) is 14.6. The van der Waals surface area contributed by atoms with Gasteiger partial charge in [0.1, 0.15) is 6.04 Å². The molecule has 122 valence electrons. The van der Waals surface area contributed by atoms with Gasteiger partial charge in [-0.05, 0) is 36.8 Å². The molecule has 3 atom stereocenters. The van der Waals surface area contributed by atoms with Crippen molar-refractivity contribution >= 4 is 23.5 Å². The first-order valence-corrected chi connectivity index (χ1v) is 8.07. The van der Waals surface area contributed by atoms with E-state index in [1.165, 1.54) is 11.0 Å². The molecular weight excluding hydrogens is 322 g/mol. The summed E-state index contributed by atoms with van der Waals surface area (Å²) in [6, 6.07) is 2.34. The number of hydrogen-bond acceptors (Lipinski definition) is 4. The molecule has 23 heavy (non-hydrogen) atoms. The van der Waals surface area contributed by atoms with E-state index in [1.807, 2.05) is 0 Å². The summed E-state index contributed by atoms with van der Waals surface area (Å²) in [4.78, 5) is 26.0. The van der Waals surface area contributed by atoms with Gasteiger partial charge in [0.15, 0.2) is 11.5 Å². The van der Waals surface area contributed by atoms with Crippen molar-refractivity contribution in [3.63, 3.8) is 0 Å². The molecule has 1 amide bonds. The Morgan fingerprint density at radius 2 is 2.09 bits per heavy atom. The number of halogens is 1. The summed E-state index contributed by atoms with van der Waals surface area (Å²) in [7, 11) is 0. The first-order chi connectivity index (χ1) is 11.1. The van der Waals surface area contributed by atoms with Crippen LogP contribution in [0.1, 0.15) is 29.6 Å². The van der Waals surface area contributed by atoms with Gasteiger partial charge in [0.2, 0.25) is 6.79 Å². The lowest BCUT2D eigenvalue weighted by molar-refractivity contribution is -0.142. The van der Waals surface area contributed by atoms with E-state index in [-0.39, 0.29) is 24.5 Å².